The van der Waals surface area contributed by atoms with E-state index in [2.05, 4.69) is 25.6 Å². The SMILES string of the molecule is CCCN(CC(=O)O)C(=O)Cn1cc2cc(COCCN=C(NC(=O)OCc3ccccc3)NC(=O)OCc3ccccc3)[nH]c2nc1=O. The molecule has 2 aromatic carbocycles. The van der Waals surface area contributed by atoms with Gasteiger partial charge in [-0.15, -0.1) is 0 Å². The first-order valence-electron chi connectivity index (χ1n) is 15.4. The number of aliphatic carboxylic acids is 1. The Morgan fingerprint density at radius 2 is 1.55 bits per heavy atom. The number of nitrogens with one attached hydrogen (secondary N) is 3. The number of carbonyl (C=O) groups excluding carboxylic acids is 3. The van der Waals surface area contributed by atoms with Crippen molar-refractivity contribution in [3.8, 4) is 0 Å². The number of amides is 3. The number of guanidine groups is 1. The number of fused-ring (bicyclic) bond motifs is 1. The fourth-order valence-electron chi connectivity index (χ4n) is 4.48. The van der Waals surface area contributed by atoms with Crippen molar-refractivity contribution < 1.29 is 38.5 Å². The first-order valence-corrected chi connectivity index (χ1v) is 15.4. The van der Waals surface area contributed by atoms with Crippen LogP contribution in [0.4, 0.5) is 9.59 Å². The Balaban J connectivity index is 1.32. The second-order valence-corrected chi connectivity index (χ2v) is 10.6. The Morgan fingerprint density at radius 3 is 2.12 bits per heavy atom. The lowest BCUT2D eigenvalue weighted by atomic mass is 10.2. The first kappa shape index (κ1) is 35.8. The minimum Gasteiger partial charge on any atom is -0.480 e. The third-order valence-electron chi connectivity index (χ3n) is 6.74. The number of nitrogens with zero attached hydrogens (tertiary/aromatic N) is 4. The van der Waals surface area contributed by atoms with Crippen molar-refractivity contribution in [1.29, 1.82) is 0 Å². The molecule has 0 atom stereocenters. The lowest BCUT2D eigenvalue weighted by Gasteiger charge is -2.20. The normalized spacial score (nSPS) is 10.6. The van der Waals surface area contributed by atoms with Crippen LogP contribution in [0.1, 0.15) is 30.2 Å². The number of aliphatic imine (C=N–C) groups is 1. The van der Waals surface area contributed by atoms with Crippen LogP contribution in [0, 0.1) is 0 Å². The molecular formula is C33H37N7O9. The van der Waals surface area contributed by atoms with Crippen molar-refractivity contribution in [3.05, 3.63) is 100 Å². The molecule has 4 rings (SSSR count). The maximum absolute atomic E-state index is 12.7. The fraction of sp³-hybridized carbons (Fsp3) is 0.303. The van der Waals surface area contributed by atoms with E-state index in [9.17, 15) is 24.0 Å². The van der Waals surface area contributed by atoms with Gasteiger partial charge in [0.15, 0.2) is 0 Å². The smallest absolute Gasteiger partial charge is 0.414 e. The summed E-state index contributed by atoms with van der Waals surface area (Å²) in [6.07, 6.45) is 0.354. The van der Waals surface area contributed by atoms with E-state index < -0.39 is 36.3 Å². The van der Waals surface area contributed by atoms with E-state index in [0.717, 1.165) is 15.7 Å². The summed E-state index contributed by atoms with van der Waals surface area (Å²) in [7, 11) is 0. The molecule has 49 heavy (non-hydrogen) atoms. The molecule has 0 saturated carbocycles. The van der Waals surface area contributed by atoms with Gasteiger partial charge < -0.3 is 29.2 Å². The van der Waals surface area contributed by atoms with Gasteiger partial charge >= 0.3 is 23.8 Å². The second-order valence-electron chi connectivity index (χ2n) is 10.6. The van der Waals surface area contributed by atoms with E-state index in [4.69, 9.17) is 19.3 Å². The largest absolute Gasteiger partial charge is 0.480 e. The molecule has 0 unspecified atom stereocenters. The van der Waals surface area contributed by atoms with Gasteiger partial charge in [0.2, 0.25) is 11.9 Å². The Hall–Kier alpha value is -6.03. The lowest BCUT2D eigenvalue weighted by Crippen LogP contribution is -2.44. The van der Waals surface area contributed by atoms with Crippen molar-refractivity contribution in [3.63, 3.8) is 0 Å². The number of rotatable bonds is 15. The molecule has 4 aromatic rings. The molecule has 258 valence electrons. The molecule has 2 heterocycles. The summed E-state index contributed by atoms with van der Waals surface area (Å²) in [5.74, 6) is -1.85. The van der Waals surface area contributed by atoms with Crippen LogP contribution >= 0.6 is 0 Å². The van der Waals surface area contributed by atoms with Crippen molar-refractivity contribution >= 4 is 41.1 Å². The summed E-state index contributed by atoms with van der Waals surface area (Å²) in [5.41, 5.74) is 1.75. The molecule has 0 fully saturated rings. The Morgan fingerprint density at radius 1 is 0.939 bits per heavy atom. The molecule has 0 radical (unpaired) electrons. The molecule has 0 aliphatic rings. The average Bonchev–Trinajstić information content (AvgIpc) is 3.48. The van der Waals surface area contributed by atoms with Gasteiger partial charge in [-0.25, -0.2) is 19.4 Å². The van der Waals surface area contributed by atoms with E-state index in [0.29, 0.717) is 23.1 Å². The van der Waals surface area contributed by atoms with Gasteiger partial charge in [-0.05, 0) is 23.6 Å². The van der Waals surface area contributed by atoms with Gasteiger partial charge in [-0.3, -0.25) is 24.8 Å². The Bertz CT molecular complexity index is 1750. The maximum atomic E-state index is 12.7. The van der Waals surface area contributed by atoms with E-state index in [1.807, 2.05) is 43.3 Å². The summed E-state index contributed by atoms with van der Waals surface area (Å²) < 4.78 is 17.3. The summed E-state index contributed by atoms with van der Waals surface area (Å²) in [4.78, 5) is 73.6. The number of aromatic amines is 1. The molecule has 0 spiro atoms. The topological polar surface area (TPSA) is 207 Å². The summed E-state index contributed by atoms with van der Waals surface area (Å²) in [6, 6.07) is 19.8. The molecule has 0 bridgehead atoms. The highest BCUT2D eigenvalue weighted by Gasteiger charge is 2.18. The minimum absolute atomic E-state index is 0.00699. The van der Waals surface area contributed by atoms with Gasteiger partial charge in [0.05, 0.1) is 19.8 Å². The summed E-state index contributed by atoms with van der Waals surface area (Å²) in [6.45, 7) is 1.45. The maximum Gasteiger partial charge on any atom is 0.414 e. The van der Waals surface area contributed by atoms with Gasteiger partial charge in [-0.1, -0.05) is 67.6 Å². The zero-order chi connectivity index (χ0) is 35.0. The van der Waals surface area contributed by atoms with Crippen LogP contribution in [0.2, 0.25) is 0 Å². The van der Waals surface area contributed by atoms with Gasteiger partial charge in [0.1, 0.15) is 32.0 Å². The highest BCUT2D eigenvalue weighted by atomic mass is 16.6. The van der Waals surface area contributed by atoms with E-state index in [-0.39, 0.29) is 52.0 Å². The average molecular weight is 676 g/mol. The van der Waals surface area contributed by atoms with E-state index >= 15 is 0 Å². The van der Waals surface area contributed by atoms with Crippen LogP contribution in [0.15, 0.2) is 82.7 Å². The number of H-pyrrole nitrogens is 1. The predicted octanol–water partition coefficient (Wildman–Crippen LogP) is 2.77. The van der Waals surface area contributed by atoms with Crippen LogP contribution < -0.4 is 16.3 Å². The van der Waals surface area contributed by atoms with Crippen molar-refractivity contribution in [2.45, 2.75) is 39.7 Å². The molecular weight excluding hydrogens is 638 g/mol. The third-order valence-corrected chi connectivity index (χ3v) is 6.74. The second kappa shape index (κ2) is 18.3. The van der Waals surface area contributed by atoms with Crippen LogP contribution in [0.25, 0.3) is 11.0 Å². The minimum atomic E-state index is -1.14. The predicted molar refractivity (Wildman–Crippen MR) is 176 cm³/mol. The lowest BCUT2D eigenvalue weighted by molar-refractivity contribution is -0.144. The number of aromatic nitrogens is 3. The summed E-state index contributed by atoms with van der Waals surface area (Å²) in [5, 5.41) is 14.5. The number of hydrogen-bond acceptors (Lipinski definition) is 10. The van der Waals surface area contributed by atoms with Crippen LogP contribution in [-0.2, 0) is 50.2 Å². The standard InChI is InChI=1S/C33H37N7O9/c1-2-14-39(19-28(42)43)27(41)18-40-17-25-16-26(35-29(25)36-31(40)44)22-47-15-13-34-30(37-32(45)48-20-23-9-5-3-6-10-23)38-33(46)49-21-24-11-7-4-8-12-24/h3-12,16-17H,2,13-15,18-22H2,1H3,(H,42,43)(H,35,36,44)(H2,34,37,38,45,46). The van der Waals surface area contributed by atoms with E-state index in [1.165, 1.54) is 11.1 Å². The number of carbonyl (C=O) groups is 4. The summed E-state index contributed by atoms with van der Waals surface area (Å²) >= 11 is 0. The van der Waals surface area contributed by atoms with Gasteiger partial charge in [0.25, 0.3) is 0 Å². The third kappa shape index (κ3) is 11.9. The molecule has 0 saturated heterocycles. The number of alkyl carbamates (subject to hydrolysis) is 2. The molecule has 3 amide bonds. The molecule has 16 nitrogen and oxygen atoms in total. The fourth-order valence-corrected chi connectivity index (χ4v) is 4.48. The Labute approximate surface area is 280 Å². The van der Waals surface area contributed by atoms with Crippen molar-refractivity contribution in [1.82, 2.24) is 30.1 Å². The monoisotopic (exact) mass is 675 g/mol. The molecule has 0 aliphatic heterocycles. The van der Waals surface area contributed by atoms with Crippen molar-refractivity contribution in [2.24, 2.45) is 4.99 Å². The number of ether oxygens (including phenoxy) is 3. The van der Waals surface area contributed by atoms with Gasteiger partial charge in [0, 0.05) is 23.8 Å². The quantitative estimate of drug-likeness (QED) is 0.0823. The van der Waals surface area contributed by atoms with Crippen LogP contribution in [0.5, 0.6) is 0 Å². The number of carboxylic acids is 1. The highest BCUT2D eigenvalue weighted by molar-refractivity contribution is 6.01. The Kier molecular flexibility index (Phi) is 13.4. The van der Waals surface area contributed by atoms with Crippen molar-refractivity contribution in [2.75, 3.05) is 26.2 Å². The number of carboxylic acid groups (broad SMARTS) is 1. The molecule has 16 heteroatoms. The van der Waals surface area contributed by atoms with Gasteiger partial charge in [-0.2, -0.15) is 4.98 Å². The van der Waals surface area contributed by atoms with Crippen LogP contribution in [-0.4, -0.2) is 80.8 Å². The van der Waals surface area contributed by atoms with E-state index in [1.54, 1.807) is 30.3 Å². The molecule has 0 aliphatic carbocycles. The number of hydrogen-bond donors (Lipinski definition) is 4. The van der Waals surface area contributed by atoms with Crippen LogP contribution in [0.3, 0.4) is 0 Å². The molecule has 2 aromatic heterocycles. The number of benzene rings is 2. The molecule has 4 N–H and O–H groups in total. The zero-order valence-electron chi connectivity index (χ0n) is 26.8. The first-order chi connectivity index (χ1) is 23.7. The zero-order valence-corrected chi connectivity index (χ0v) is 26.8. The highest BCUT2D eigenvalue weighted by Crippen LogP contribution is 2.12.